The molecule has 1 aromatic rings. The van der Waals surface area contributed by atoms with Gasteiger partial charge in [-0.1, -0.05) is 17.7 Å². The number of carbonyl (C=O) groups is 1. The third-order valence-corrected chi connectivity index (χ3v) is 3.71. The molecule has 1 aromatic heterocycles. The van der Waals surface area contributed by atoms with E-state index < -0.39 is 0 Å². The van der Waals surface area contributed by atoms with Crippen molar-refractivity contribution in [3.63, 3.8) is 0 Å². The van der Waals surface area contributed by atoms with Crippen molar-refractivity contribution in [1.29, 1.82) is 0 Å². The zero-order chi connectivity index (χ0) is 13.4. The molecule has 0 aliphatic heterocycles. The molecule has 0 saturated heterocycles. The molecule has 0 spiro atoms. The largest absolute Gasteiger partial charge is 0.334 e. The van der Waals surface area contributed by atoms with Crippen LogP contribution in [0.25, 0.3) is 0 Å². The van der Waals surface area contributed by atoms with Crippen molar-refractivity contribution in [1.82, 2.24) is 10.2 Å². The smallest absolute Gasteiger partial charge is 0.223 e. The monoisotopic (exact) mass is 322 g/mol. The number of hydrogen-bond donors (Lipinski definition) is 1. The van der Waals surface area contributed by atoms with Crippen LogP contribution in [-0.2, 0) is 11.3 Å². The average Bonchev–Trinajstić information content (AvgIpc) is 2.74. The fourth-order valence-corrected chi connectivity index (χ4v) is 2.71. The molecule has 3 nitrogen and oxygen atoms in total. The van der Waals surface area contributed by atoms with Crippen LogP contribution in [0.3, 0.4) is 0 Å². The van der Waals surface area contributed by atoms with Crippen LogP contribution in [0.1, 0.15) is 17.7 Å². The molecule has 1 N–H and O–H groups in total. The Hall–Kier alpha value is -0.550. The zero-order valence-corrected chi connectivity index (χ0v) is 13.4. The van der Waals surface area contributed by atoms with Crippen LogP contribution < -0.4 is 5.32 Å². The van der Waals surface area contributed by atoms with Crippen molar-refractivity contribution < 1.29 is 4.79 Å². The first-order valence-corrected chi connectivity index (χ1v) is 7.14. The SMILES string of the molecule is C=CCN(Cc1ccc(Cl)s1)C(=O)CCCNC.Cl. The maximum Gasteiger partial charge on any atom is 0.223 e. The Balaban J connectivity index is 0.00000324. The minimum atomic E-state index is 0. The average molecular weight is 323 g/mol. The van der Waals surface area contributed by atoms with E-state index in [2.05, 4.69) is 11.9 Å². The van der Waals surface area contributed by atoms with Gasteiger partial charge in [-0.3, -0.25) is 4.79 Å². The maximum atomic E-state index is 12.0. The topological polar surface area (TPSA) is 32.3 Å². The van der Waals surface area contributed by atoms with Gasteiger partial charge in [0.2, 0.25) is 5.91 Å². The standard InChI is InChI=1S/C13H19ClN2OS.ClH/c1-3-9-16(13(17)5-4-8-15-2)10-11-6-7-12(14)18-11;/h3,6-7,15H,1,4-5,8-10H2,2H3;1H. The van der Waals surface area contributed by atoms with Crippen molar-refractivity contribution in [2.45, 2.75) is 19.4 Å². The van der Waals surface area contributed by atoms with Crippen LogP contribution in [0.2, 0.25) is 4.34 Å². The lowest BCUT2D eigenvalue weighted by atomic mass is 10.2. The van der Waals surface area contributed by atoms with Crippen LogP contribution in [0.4, 0.5) is 0 Å². The Kier molecular flexibility index (Phi) is 9.97. The summed E-state index contributed by atoms with van der Waals surface area (Å²) in [4.78, 5) is 15.0. The number of nitrogens with one attached hydrogen (secondary N) is 1. The molecule has 1 heterocycles. The van der Waals surface area contributed by atoms with E-state index >= 15 is 0 Å². The molecule has 1 amide bonds. The maximum absolute atomic E-state index is 12.0. The van der Waals surface area contributed by atoms with Crippen LogP contribution in [-0.4, -0.2) is 30.9 Å². The third kappa shape index (κ3) is 6.97. The summed E-state index contributed by atoms with van der Waals surface area (Å²) in [7, 11) is 1.89. The molecule has 0 bridgehead atoms. The number of hydrogen-bond acceptors (Lipinski definition) is 3. The predicted octanol–water partition coefficient (Wildman–Crippen LogP) is 3.34. The highest BCUT2D eigenvalue weighted by Gasteiger charge is 2.13. The second-order valence-electron chi connectivity index (χ2n) is 3.98. The molecule has 0 unspecified atom stereocenters. The van der Waals surface area contributed by atoms with E-state index in [0.717, 1.165) is 22.2 Å². The molecule has 0 aliphatic rings. The summed E-state index contributed by atoms with van der Waals surface area (Å²) in [6, 6.07) is 3.82. The number of carbonyl (C=O) groups excluding carboxylic acids is 1. The van der Waals surface area contributed by atoms with Gasteiger partial charge in [0.15, 0.2) is 0 Å². The summed E-state index contributed by atoms with van der Waals surface area (Å²) in [6.07, 6.45) is 3.17. The van der Waals surface area contributed by atoms with E-state index in [4.69, 9.17) is 11.6 Å². The second kappa shape index (κ2) is 10.3. The fourth-order valence-electron chi connectivity index (χ4n) is 1.61. The third-order valence-electron chi connectivity index (χ3n) is 2.50. The van der Waals surface area contributed by atoms with Gasteiger partial charge in [0.05, 0.1) is 10.9 Å². The van der Waals surface area contributed by atoms with Gasteiger partial charge in [-0.25, -0.2) is 0 Å². The summed E-state index contributed by atoms with van der Waals surface area (Å²) in [5.74, 6) is 0.162. The molecular formula is C13H20Cl2N2OS. The molecule has 0 radical (unpaired) electrons. The summed E-state index contributed by atoms with van der Waals surface area (Å²) in [6.45, 7) is 5.75. The van der Waals surface area contributed by atoms with Crippen LogP contribution in [0.15, 0.2) is 24.8 Å². The van der Waals surface area contributed by atoms with Gasteiger partial charge in [-0.05, 0) is 32.1 Å². The summed E-state index contributed by atoms with van der Waals surface area (Å²) < 4.78 is 0.756. The molecule has 1 rings (SSSR count). The van der Waals surface area contributed by atoms with Gasteiger partial charge in [0.25, 0.3) is 0 Å². The highest BCUT2D eigenvalue weighted by molar-refractivity contribution is 7.16. The van der Waals surface area contributed by atoms with Crippen LogP contribution in [0.5, 0.6) is 0 Å². The molecule has 6 heteroatoms. The van der Waals surface area contributed by atoms with Gasteiger partial charge < -0.3 is 10.2 Å². The molecule has 0 atom stereocenters. The quantitative estimate of drug-likeness (QED) is 0.588. The second-order valence-corrected chi connectivity index (χ2v) is 5.78. The first-order chi connectivity index (χ1) is 8.67. The fraction of sp³-hybridized carbons (Fsp3) is 0.462. The lowest BCUT2D eigenvalue weighted by molar-refractivity contribution is -0.131. The van der Waals surface area contributed by atoms with Crippen molar-refractivity contribution in [3.8, 4) is 0 Å². The Morgan fingerprint density at radius 1 is 1.58 bits per heavy atom. The minimum absolute atomic E-state index is 0. The van der Waals surface area contributed by atoms with Crippen molar-refractivity contribution in [2.24, 2.45) is 0 Å². The first-order valence-electron chi connectivity index (χ1n) is 5.95. The number of rotatable bonds is 8. The molecule has 108 valence electrons. The summed E-state index contributed by atoms with van der Waals surface area (Å²) in [5.41, 5.74) is 0. The molecule has 19 heavy (non-hydrogen) atoms. The van der Waals surface area contributed by atoms with Crippen molar-refractivity contribution in [2.75, 3.05) is 20.1 Å². The molecule has 0 aromatic carbocycles. The van der Waals surface area contributed by atoms with Gasteiger partial charge in [-0.2, -0.15) is 0 Å². The predicted molar refractivity (Wildman–Crippen MR) is 85.4 cm³/mol. The Labute approximate surface area is 130 Å². The van der Waals surface area contributed by atoms with Gasteiger partial charge >= 0.3 is 0 Å². The van der Waals surface area contributed by atoms with E-state index in [9.17, 15) is 4.79 Å². The molecule has 0 aliphatic carbocycles. The Morgan fingerprint density at radius 2 is 2.32 bits per heavy atom. The van der Waals surface area contributed by atoms with Gasteiger partial charge in [-0.15, -0.1) is 30.3 Å². The highest BCUT2D eigenvalue weighted by atomic mass is 35.5. The minimum Gasteiger partial charge on any atom is -0.334 e. The number of nitrogens with zero attached hydrogens (tertiary/aromatic N) is 1. The van der Waals surface area contributed by atoms with E-state index in [1.807, 2.05) is 24.1 Å². The lowest BCUT2D eigenvalue weighted by Gasteiger charge is -2.20. The van der Waals surface area contributed by atoms with Crippen LogP contribution in [0, 0.1) is 0 Å². The molecule has 0 fully saturated rings. The highest BCUT2D eigenvalue weighted by Crippen LogP contribution is 2.22. The van der Waals surface area contributed by atoms with E-state index in [0.29, 0.717) is 19.5 Å². The van der Waals surface area contributed by atoms with E-state index in [-0.39, 0.29) is 18.3 Å². The van der Waals surface area contributed by atoms with Crippen LogP contribution >= 0.6 is 35.3 Å². The van der Waals surface area contributed by atoms with E-state index in [1.54, 1.807) is 6.08 Å². The normalized spacial score (nSPS) is 9.79. The van der Waals surface area contributed by atoms with Crippen molar-refractivity contribution >= 4 is 41.3 Å². The number of amides is 1. The lowest BCUT2D eigenvalue weighted by Crippen LogP contribution is -2.30. The Morgan fingerprint density at radius 3 is 2.84 bits per heavy atom. The van der Waals surface area contributed by atoms with Crippen molar-refractivity contribution in [3.05, 3.63) is 34.0 Å². The summed E-state index contributed by atoms with van der Waals surface area (Å²) >= 11 is 7.40. The zero-order valence-electron chi connectivity index (χ0n) is 11.0. The molecule has 0 saturated carbocycles. The number of halogens is 2. The van der Waals surface area contributed by atoms with E-state index in [1.165, 1.54) is 11.3 Å². The Bertz CT molecular complexity index is 396. The molecular weight excluding hydrogens is 303 g/mol. The first kappa shape index (κ1) is 18.4. The van der Waals surface area contributed by atoms with Gasteiger partial charge in [0, 0.05) is 17.8 Å². The number of thiophene rings is 1. The summed E-state index contributed by atoms with van der Waals surface area (Å²) in [5, 5.41) is 3.04. The van der Waals surface area contributed by atoms with Gasteiger partial charge in [0.1, 0.15) is 0 Å².